The van der Waals surface area contributed by atoms with Crippen LogP contribution >= 0.6 is 0 Å². The number of aromatic hydroxyl groups is 1. The summed E-state index contributed by atoms with van der Waals surface area (Å²) in [6.07, 6.45) is -0.943. The molecule has 0 aromatic heterocycles. The molecule has 0 saturated carbocycles. The van der Waals surface area contributed by atoms with E-state index in [9.17, 15) is 29.4 Å². The largest absolute Gasteiger partial charge is 0.507 e. The molecule has 6 atom stereocenters. The Bertz CT molecular complexity index is 1400. The number of hydrogen-bond donors (Lipinski definition) is 6. The van der Waals surface area contributed by atoms with E-state index in [2.05, 4.69) is 21.3 Å². The number of phenolic OH excluding ortho intramolecular Hbond substituents is 1. The van der Waals surface area contributed by atoms with Crippen molar-refractivity contribution in [3.8, 4) is 5.75 Å². The predicted molar refractivity (Wildman–Crippen MR) is 156 cm³/mol. The summed E-state index contributed by atoms with van der Waals surface area (Å²) in [6.45, 7) is 3.10. The highest BCUT2D eigenvalue weighted by atomic mass is 16.3. The van der Waals surface area contributed by atoms with Crippen LogP contribution in [0.3, 0.4) is 0 Å². The van der Waals surface area contributed by atoms with Crippen molar-refractivity contribution >= 4 is 23.6 Å². The van der Waals surface area contributed by atoms with E-state index in [4.69, 9.17) is 0 Å². The Morgan fingerprint density at radius 2 is 1.31 bits per heavy atom. The number of phenols is 1. The van der Waals surface area contributed by atoms with Gasteiger partial charge in [0.1, 0.15) is 17.8 Å². The van der Waals surface area contributed by atoms with Gasteiger partial charge < -0.3 is 31.5 Å². The number of carbonyl (C=O) groups is 4. The Morgan fingerprint density at radius 3 is 1.93 bits per heavy atom. The second-order valence-corrected chi connectivity index (χ2v) is 10.6. The van der Waals surface area contributed by atoms with Gasteiger partial charge in [0.15, 0.2) is 0 Å². The summed E-state index contributed by atoms with van der Waals surface area (Å²) in [5.74, 6) is -3.74. The number of nitrogens with one attached hydrogen (secondary N) is 4. The zero-order valence-corrected chi connectivity index (χ0v) is 23.5. The van der Waals surface area contributed by atoms with Gasteiger partial charge in [-0.05, 0) is 36.6 Å². The van der Waals surface area contributed by atoms with Crippen molar-refractivity contribution in [1.82, 2.24) is 21.3 Å². The highest BCUT2D eigenvalue weighted by molar-refractivity contribution is 6.00. The van der Waals surface area contributed by atoms with Gasteiger partial charge in [0.25, 0.3) is 5.91 Å². The number of hydrogen-bond acceptors (Lipinski definition) is 6. The SMILES string of the molecule is CC1NC(=O)C(Cc2ccccc2)NC(=O)C(C)C(O)C(Cc2ccccc2)NC(=O)C1NC(=O)c1ccccc1O. The van der Waals surface area contributed by atoms with Gasteiger partial charge in [-0.25, -0.2) is 0 Å². The molecule has 1 aliphatic heterocycles. The molecule has 220 valence electrons. The lowest BCUT2D eigenvalue weighted by Gasteiger charge is -2.34. The van der Waals surface area contributed by atoms with E-state index in [1.54, 1.807) is 19.1 Å². The Hall–Kier alpha value is -4.70. The molecule has 1 saturated heterocycles. The lowest BCUT2D eigenvalue weighted by Crippen LogP contribution is -2.64. The first-order valence-corrected chi connectivity index (χ1v) is 13.9. The lowest BCUT2D eigenvalue weighted by molar-refractivity contribution is -0.136. The topological polar surface area (TPSA) is 157 Å². The first-order chi connectivity index (χ1) is 20.1. The van der Waals surface area contributed by atoms with Crippen molar-refractivity contribution in [2.45, 2.75) is 57.0 Å². The first-order valence-electron chi connectivity index (χ1n) is 13.9. The van der Waals surface area contributed by atoms with Crippen LogP contribution in [0.15, 0.2) is 84.9 Å². The van der Waals surface area contributed by atoms with E-state index in [1.165, 1.54) is 19.1 Å². The van der Waals surface area contributed by atoms with Crippen molar-refractivity contribution < 1.29 is 29.4 Å². The summed E-state index contributed by atoms with van der Waals surface area (Å²) in [4.78, 5) is 53.7. The smallest absolute Gasteiger partial charge is 0.255 e. The molecule has 1 heterocycles. The predicted octanol–water partition coefficient (Wildman–Crippen LogP) is 1.46. The van der Waals surface area contributed by atoms with Crippen LogP contribution in [-0.4, -0.2) is 64.1 Å². The van der Waals surface area contributed by atoms with Gasteiger partial charge in [-0.3, -0.25) is 19.2 Å². The molecule has 0 aliphatic carbocycles. The molecule has 0 spiro atoms. The van der Waals surface area contributed by atoms with Gasteiger partial charge in [-0.2, -0.15) is 0 Å². The van der Waals surface area contributed by atoms with Gasteiger partial charge in [0, 0.05) is 6.42 Å². The number of amides is 4. The average molecular weight is 573 g/mol. The van der Waals surface area contributed by atoms with E-state index < -0.39 is 59.8 Å². The molecule has 4 amide bonds. The molecule has 10 nitrogen and oxygen atoms in total. The summed E-state index contributed by atoms with van der Waals surface area (Å²) in [7, 11) is 0. The van der Waals surface area contributed by atoms with Crippen molar-refractivity contribution in [3.63, 3.8) is 0 Å². The maximum Gasteiger partial charge on any atom is 0.255 e. The Balaban J connectivity index is 1.69. The number of rotatable bonds is 6. The van der Waals surface area contributed by atoms with Crippen molar-refractivity contribution in [3.05, 3.63) is 102 Å². The summed E-state index contributed by atoms with van der Waals surface area (Å²) < 4.78 is 0. The fourth-order valence-corrected chi connectivity index (χ4v) is 4.97. The molecular weight excluding hydrogens is 536 g/mol. The molecule has 6 N–H and O–H groups in total. The van der Waals surface area contributed by atoms with E-state index >= 15 is 0 Å². The molecule has 6 unspecified atom stereocenters. The molecule has 10 heteroatoms. The van der Waals surface area contributed by atoms with Gasteiger partial charge in [-0.15, -0.1) is 0 Å². The quantitative estimate of drug-likeness (QED) is 0.263. The summed E-state index contributed by atoms with van der Waals surface area (Å²) >= 11 is 0. The van der Waals surface area contributed by atoms with Crippen LogP contribution in [0.5, 0.6) is 5.75 Å². The van der Waals surface area contributed by atoms with Crippen molar-refractivity contribution in [2.24, 2.45) is 5.92 Å². The van der Waals surface area contributed by atoms with Crippen LogP contribution in [0.25, 0.3) is 0 Å². The Labute approximate surface area is 244 Å². The van der Waals surface area contributed by atoms with E-state index in [0.717, 1.165) is 11.1 Å². The standard InChI is InChI=1S/C32H36N4O6/c1-19-28(38)24(17-21-11-5-3-6-12-21)34-32(42)27(36-30(40)23-15-9-10-16-26(23)37)20(2)33-31(41)25(35-29(19)39)18-22-13-7-4-8-14-22/h3-16,19-20,24-25,27-28,37-38H,17-18H2,1-2H3,(H,33,41)(H,34,42)(H,35,39)(H,36,40). The zero-order chi connectivity index (χ0) is 30.2. The molecule has 1 fully saturated rings. The Morgan fingerprint density at radius 1 is 0.738 bits per heavy atom. The van der Waals surface area contributed by atoms with E-state index in [-0.39, 0.29) is 24.2 Å². The van der Waals surface area contributed by atoms with Crippen LogP contribution in [0, 0.1) is 5.92 Å². The molecule has 42 heavy (non-hydrogen) atoms. The number of carbonyl (C=O) groups excluding carboxylic acids is 4. The monoisotopic (exact) mass is 572 g/mol. The van der Waals surface area contributed by atoms with Crippen molar-refractivity contribution in [1.29, 1.82) is 0 Å². The molecule has 4 rings (SSSR count). The average Bonchev–Trinajstić information content (AvgIpc) is 2.99. The minimum atomic E-state index is -1.32. The maximum atomic E-state index is 13.8. The normalized spacial score (nSPS) is 25.2. The van der Waals surface area contributed by atoms with Gasteiger partial charge >= 0.3 is 0 Å². The fraction of sp³-hybridized carbons (Fsp3) is 0.312. The highest BCUT2D eigenvalue weighted by Gasteiger charge is 2.38. The van der Waals surface area contributed by atoms with Crippen LogP contribution in [-0.2, 0) is 27.2 Å². The van der Waals surface area contributed by atoms with Gasteiger partial charge in [-0.1, -0.05) is 79.7 Å². The molecule has 1 aliphatic rings. The number of para-hydroxylation sites is 1. The van der Waals surface area contributed by atoms with Crippen LogP contribution in [0.2, 0.25) is 0 Å². The fourth-order valence-electron chi connectivity index (χ4n) is 4.97. The minimum absolute atomic E-state index is 0.0429. The van der Waals surface area contributed by atoms with Crippen LogP contribution < -0.4 is 21.3 Å². The van der Waals surface area contributed by atoms with Gasteiger partial charge in [0.2, 0.25) is 17.7 Å². The van der Waals surface area contributed by atoms with Crippen molar-refractivity contribution in [2.75, 3.05) is 0 Å². The number of aliphatic hydroxyl groups excluding tert-OH is 1. The van der Waals surface area contributed by atoms with E-state index in [1.807, 2.05) is 60.7 Å². The molecule has 0 bridgehead atoms. The zero-order valence-electron chi connectivity index (χ0n) is 23.5. The highest BCUT2D eigenvalue weighted by Crippen LogP contribution is 2.18. The summed E-state index contributed by atoms with van der Waals surface area (Å²) in [5, 5.41) is 32.6. The number of benzene rings is 3. The molecule has 3 aromatic carbocycles. The molecular formula is C32H36N4O6. The third-order valence-corrected chi connectivity index (χ3v) is 7.47. The second-order valence-electron chi connectivity index (χ2n) is 10.6. The third kappa shape index (κ3) is 7.52. The lowest BCUT2D eigenvalue weighted by atomic mass is 9.91. The first kappa shape index (κ1) is 30.3. The van der Waals surface area contributed by atoms with Crippen LogP contribution in [0.4, 0.5) is 0 Å². The second kappa shape index (κ2) is 13.8. The summed E-state index contributed by atoms with van der Waals surface area (Å²) in [6, 6.07) is 20.1. The minimum Gasteiger partial charge on any atom is -0.507 e. The summed E-state index contributed by atoms with van der Waals surface area (Å²) in [5.41, 5.74) is 1.58. The van der Waals surface area contributed by atoms with E-state index in [0.29, 0.717) is 0 Å². The van der Waals surface area contributed by atoms with Crippen LogP contribution in [0.1, 0.15) is 35.3 Å². The molecule has 3 aromatic rings. The Kier molecular flexibility index (Phi) is 9.93. The van der Waals surface area contributed by atoms with Gasteiger partial charge in [0.05, 0.1) is 29.7 Å². The number of aliphatic hydroxyl groups is 1. The molecule has 0 radical (unpaired) electrons. The maximum absolute atomic E-state index is 13.8. The third-order valence-electron chi connectivity index (χ3n) is 7.47.